The lowest BCUT2D eigenvalue weighted by molar-refractivity contribution is -0.253. The Kier molecular flexibility index (Phi) is 24.3. The van der Waals surface area contributed by atoms with Gasteiger partial charge in [0.1, 0.15) is 43.6 Å². The van der Waals surface area contributed by atoms with Crippen LogP contribution in [0.2, 0.25) is 0 Å². The molecule has 7 atom stereocenters. The Morgan fingerprint density at radius 3 is 1.97 bits per heavy atom. The minimum Gasteiger partial charge on any atom is -0.508 e. The summed E-state index contributed by atoms with van der Waals surface area (Å²) in [6, 6.07) is 6.49. The molecular weight excluding hydrogens is 1020 g/mol. The Labute approximate surface area is 443 Å². The molecule has 3 aromatic rings. The van der Waals surface area contributed by atoms with Gasteiger partial charge in [-0.15, -0.1) is 0 Å². The molecular formula is C52H70N2O23. The average molecular weight is 1090 g/mol. The topological polar surface area (TPSA) is 351 Å². The lowest BCUT2D eigenvalue weighted by Crippen LogP contribution is -2.47. The number of carboxylic acids is 1. The number of benzene rings is 1. The van der Waals surface area contributed by atoms with E-state index in [2.05, 4.69) is 0 Å². The summed E-state index contributed by atoms with van der Waals surface area (Å²) in [4.78, 5) is 94.5. The Balaban J connectivity index is 1.08. The second-order valence-corrected chi connectivity index (χ2v) is 18.1. The number of methoxy groups -OCH3 is 1. The minimum atomic E-state index is -1.97. The summed E-state index contributed by atoms with van der Waals surface area (Å²) in [5, 5.41) is 59.0. The summed E-state index contributed by atoms with van der Waals surface area (Å²) in [7, 11) is 1.27. The van der Waals surface area contributed by atoms with Crippen LogP contribution in [0.5, 0.6) is 5.75 Å². The molecule has 25 nitrogen and oxygen atoms in total. The van der Waals surface area contributed by atoms with E-state index in [0.29, 0.717) is 29.7 Å². The van der Waals surface area contributed by atoms with Crippen molar-refractivity contribution in [2.75, 3.05) is 60.0 Å². The van der Waals surface area contributed by atoms with Crippen LogP contribution in [-0.2, 0) is 101 Å². The number of cyclic esters (lactones) is 1. The maximum Gasteiger partial charge on any atom is 0.355 e. The number of aromatic nitrogens is 2. The second kappa shape index (κ2) is 30.2. The number of phenolic OH excluding ortho intramolecular Hbond substituents is 1. The molecule has 0 saturated carbocycles. The van der Waals surface area contributed by atoms with Crippen LogP contribution in [0, 0.1) is 0 Å². The van der Waals surface area contributed by atoms with E-state index >= 15 is 0 Å². The maximum atomic E-state index is 14.0. The second-order valence-electron chi connectivity index (χ2n) is 18.1. The van der Waals surface area contributed by atoms with Gasteiger partial charge in [-0.1, -0.05) is 20.8 Å². The van der Waals surface area contributed by atoms with Crippen LogP contribution in [0.25, 0.3) is 22.3 Å². The molecule has 0 bridgehead atoms. The molecule has 0 aliphatic carbocycles. The van der Waals surface area contributed by atoms with E-state index in [1.54, 1.807) is 36.6 Å². The molecule has 0 saturated heterocycles. The molecule has 1 aromatic carbocycles. The molecule has 0 radical (unpaired) electrons. The van der Waals surface area contributed by atoms with Gasteiger partial charge >= 0.3 is 29.8 Å². The highest BCUT2D eigenvalue weighted by Crippen LogP contribution is 2.42. The van der Waals surface area contributed by atoms with Gasteiger partial charge in [0.25, 0.3) is 5.56 Å². The highest BCUT2D eigenvalue weighted by molar-refractivity contribution is 5.91. The van der Waals surface area contributed by atoms with Gasteiger partial charge in [-0.05, 0) is 61.9 Å². The molecule has 25 heteroatoms. The predicted octanol–water partition coefficient (Wildman–Crippen LogP) is 1.95. The Morgan fingerprint density at radius 2 is 1.36 bits per heavy atom. The highest BCUT2D eigenvalue weighted by Gasteiger charge is 2.50. The zero-order chi connectivity index (χ0) is 56.2. The fourth-order valence-corrected chi connectivity index (χ4v) is 8.66. The number of nitrogens with zero attached hydrogens (tertiary/aromatic N) is 2. The summed E-state index contributed by atoms with van der Waals surface area (Å²) in [6.45, 7) is 1.14. The van der Waals surface area contributed by atoms with Crippen molar-refractivity contribution in [2.24, 2.45) is 0 Å². The number of esters is 4. The molecule has 0 amide bonds. The number of ketones is 1. The van der Waals surface area contributed by atoms with Gasteiger partial charge in [-0.3, -0.25) is 28.8 Å². The zero-order valence-corrected chi connectivity index (χ0v) is 43.6. The first-order valence-corrected chi connectivity index (χ1v) is 25.5. The summed E-state index contributed by atoms with van der Waals surface area (Å²) in [6.07, 6.45) is -7.30. The van der Waals surface area contributed by atoms with Crippen LogP contribution in [-0.4, -0.2) is 173 Å². The average Bonchev–Trinajstić information content (AvgIpc) is 3.87. The van der Waals surface area contributed by atoms with E-state index in [0.717, 1.165) is 16.5 Å². The first kappa shape index (κ1) is 61.8. The Hall–Kier alpha value is -6.00. The predicted molar refractivity (Wildman–Crippen MR) is 264 cm³/mol. The summed E-state index contributed by atoms with van der Waals surface area (Å²) < 4.78 is 56.6. The number of pyridine rings is 2. The lowest BCUT2D eigenvalue weighted by Gasteiger charge is -2.35. The number of carbonyl (C=O) groups excluding carboxylic acids is 5. The molecule has 2 aromatic heterocycles. The van der Waals surface area contributed by atoms with Crippen LogP contribution in [0.15, 0.2) is 29.1 Å². The number of carboxylic acid groups (broad SMARTS) is 1. The molecule has 4 heterocycles. The van der Waals surface area contributed by atoms with Crippen molar-refractivity contribution in [3.8, 4) is 17.1 Å². The van der Waals surface area contributed by atoms with Gasteiger partial charge in [0.15, 0.2) is 18.9 Å². The van der Waals surface area contributed by atoms with Crippen molar-refractivity contribution in [3.05, 3.63) is 56.9 Å². The van der Waals surface area contributed by atoms with Crippen LogP contribution >= 0.6 is 0 Å². The lowest BCUT2D eigenvalue weighted by atomic mass is 9.85. The minimum absolute atomic E-state index is 0.00963. The number of aliphatic hydroxyl groups is 4. The van der Waals surface area contributed by atoms with Crippen molar-refractivity contribution < 1.29 is 107 Å². The zero-order valence-electron chi connectivity index (χ0n) is 43.6. The first-order chi connectivity index (χ1) is 37.0. The number of phenols is 1. The number of aryl methyl sites for hydroxylation is 1. The highest BCUT2D eigenvalue weighted by atomic mass is 16.7. The number of Topliss-reactive ketones (excluding diaryl/α,β-unsaturated/α-hetero) is 1. The van der Waals surface area contributed by atoms with Crippen LogP contribution in [0.4, 0.5) is 0 Å². The van der Waals surface area contributed by atoms with E-state index < -0.39 is 124 Å². The smallest absolute Gasteiger partial charge is 0.355 e. The Morgan fingerprint density at radius 1 is 0.727 bits per heavy atom. The molecule has 0 fully saturated rings. The molecule has 6 N–H and O–H groups in total. The quantitative estimate of drug-likeness (QED) is 0.0215. The largest absolute Gasteiger partial charge is 0.508 e. The number of aromatic hydroxyl groups is 1. The molecule has 2 aliphatic rings. The van der Waals surface area contributed by atoms with Gasteiger partial charge in [0.2, 0.25) is 5.60 Å². The van der Waals surface area contributed by atoms with E-state index in [9.17, 15) is 59.1 Å². The van der Waals surface area contributed by atoms with Crippen LogP contribution < -0.4 is 5.56 Å². The van der Waals surface area contributed by atoms with Gasteiger partial charge in [-0.2, -0.15) is 0 Å². The summed E-state index contributed by atoms with van der Waals surface area (Å²) in [5.41, 5.74) is 1.22. The summed E-state index contributed by atoms with van der Waals surface area (Å²) in [5.74, 6) is -4.54. The van der Waals surface area contributed by atoms with Crippen LogP contribution in [0.3, 0.4) is 0 Å². The standard InChI is InChI=1S/C52H70N2O23/c1-5-32(74-47(24-58)71-26-34(22-56)76-48(29-70-44(64)13-9-11-42(61)62)72-27-33(21-55)75-46(23-57)68-4)25-69-43(63)12-8-10-30(59)15-17-45(65)77-52(7-3)39-19-41-49-37(20-54(41)50(66)38(39)28-73-51(52)67)35(6-2)36-18-31(60)14-16-40(36)53-49/h14,16,18-19,32-34,46-48,55-58,60H,5-13,15,17,20-29H2,1-4H3,(H,61,62)/t32?,33?,34?,46?,47?,48?,52-/m0/s1. The monoisotopic (exact) mass is 1090 g/mol. The van der Waals surface area contributed by atoms with Gasteiger partial charge in [-0.25, -0.2) is 9.78 Å². The molecule has 6 unspecified atom stereocenters. The number of hydrogen-bond acceptors (Lipinski definition) is 23. The third-order valence-electron chi connectivity index (χ3n) is 12.8. The molecule has 77 heavy (non-hydrogen) atoms. The van der Waals surface area contributed by atoms with E-state index in [1.807, 2.05) is 6.92 Å². The number of fused-ring (bicyclic) bond motifs is 5. The van der Waals surface area contributed by atoms with Crippen molar-refractivity contribution in [1.29, 1.82) is 0 Å². The SMILES string of the molecule is CCc1c2c(nc3ccc(O)cc13)-c1cc3c(c(=O)n1C2)COC(=O)[C@@]3(CC)OC(=O)CCC(=O)CCCC(=O)OCC(CC)OC(CO)OCC(CO)OC(COC(=O)CCCC(=O)O)OCC(CO)OC(CO)OC. The van der Waals surface area contributed by atoms with Crippen LogP contribution in [0.1, 0.15) is 107 Å². The molecule has 2 aliphatic heterocycles. The number of ether oxygens (including phenoxy) is 10. The number of aliphatic carboxylic acids is 1. The number of rotatable bonds is 36. The normalized spacial score (nSPS) is 17.0. The Bertz CT molecular complexity index is 2560. The van der Waals surface area contributed by atoms with Crippen molar-refractivity contribution in [3.63, 3.8) is 0 Å². The maximum absolute atomic E-state index is 14.0. The molecule has 426 valence electrons. The number of carbonyl (C=O) groups is 6. The first-order valence-electron chi connectivity index (χ1n) is 25.5. The summed E-state index contributed by atoms with van der Waals surface area (Å²) >= 11 is 0. The fourth-order valence-electron chi connectivity index (χ4n) is 8.66. The van der Waals surface area contributed by atoms with Crippen molar-refractivity contribution in [2.45, 2.75) is 147 Å². The number of hydrogen-bond donors (Lipinski definition) is 6. The van der Waals surface area contributed by atoms with E-state index in [-0.39, 0.29) is 100 Å². The molecule has 0 spiro atoms. The number of aliphatic hydroxyl groups excluding tert-OH is 4. The van der Waals surface area contributed by atoms with Gasteiger partial charge < -0.3 is 82.6 Å². The van der Waals surface area contributed by atoms with E-state index in [4.69, 9.17) is 57.5 Å². The van der Waals surface area contributed by atoms with Gasteiger partial charge in [0.05, 0.1) is 81.2 Å². The fraction of sp³-hybridized carbons (Fsp3) is 0.615. The van der Waals surface area contributed by atoms with Gasteiger partial charge in [0, 0.05) is 55.7 Å². The van der Waals surface area contributed by atoms with E-state index in [1.165, 1.54) is 13.2 Å². The third kappa shape index (κ3) is 16.8. The van der Waals surface area contributed by atoms with Crippen molar-refractivity contribution in [1.82, 2.24) is 9.55 Å². The third-order valence-corrected chi connectivity index (χ3v) is 12.8. The molecule has 5 rings (SSSR count). The van der Waals surface area contributed by atoms with Crippen molar-refractivity contribution >= 4 is 46.5 Å².